The number of rotatable bonds is 11. The number of pyridine rings is 1. The first-order valence-corrected chi connectivity index (χ1v) is 13.0. The predicted octanol–water partition coefficient (Wildman–Crippen LogP) is 4.12. The Bertz CT molecular complexity index is 1480. The van der Waals surface area contributed by atoms with Crippen LogP contribution in [-0.2, 0) is 6.54 Å². The number of fused-ring (bicyclic) bond motifs is 1. The first-order valence-electron chi connectivity index (χ1n) is 13.0. The van der Waals surface area contributed by atoms with Crippen molar-refractivity contribution < 1.29 is 13.9 Å². The highest BCUT2D eigenvalue weighted by atomic mass is 19.1. The van der Waals surface area contributed by atoms with Crippen LogP contribution in [0.15, 0.2) is 66.1 Å². The lowest BCUT2D eigenvalue weighted by Gasteiger charge is -2.29. The summed E-state index contributed by atoms with van der Waals surface area (Å²) in [6.45, 7) is 5.94. The Morgan fingerprint density at radius 1 is 1.15 bits per heavy atom. The second-order valence-corrected chi connectivity index (χ2v) is 9.41. The van der Waals surface area contributed by atoms with Crippen molar-refractivity contribution in [3.8, 4) is 17.4 Å². The van der Waals surface area contributed by atoms with Gasteiger partial charge in [-0.15, -0.1) is 6.58 Å². The van der Waals surface area contributed by atoms with Crippen LogP contribution in [0, 0.1) is 0 Å². The van der Waals surface area contributed by atoms with Crippen LogP contribution in [0.4, 0.5) is 16.0 Å². The predicted molar refractivity (Wildman–Crippen MR) is 148 cm³/mol. The van der Waals surface area contributed by atoms with Crippen molar-refractivity contribution in [2.75, 3.05) is 38.7 Å². The molecule has 0 saturated carbocycles. The summed E-state index contributed by atoms with van der Waals surface area (Å²) in [6, 6.07) is 12.7. The molecular weight excluding hydrogens is 501 g/mol. The molecule has 5 rings (SSSR count). The van der Waals surface area contributed by atoms with Gasteiger partial charge in [0.1, 0.15) is 17.2 Å². The second-order valence-electron chi connectivity index (χ2n) is 9.41. The van der Waals surface area contributed by atoms with E-state index < -0.39 is 6.67 Å². The average Bonchev–Trinajstić information content (AvgIpc) is 3.22. The molecule has 0 bridgehead atoms. The molecule has 204 valence electrons. The van der Waals surface area contributed by atoms with Gasteiger partial charge in [-0.1, -0.05) is 12.1 Å². The zero-order chi connectivity index (χ0) is 27.2. The summed E-state index contributed by atoms with van der Waals surface area (Å²) in [5.74, 6) is 1.97. The summed E-state index contributed by atoms with van der Waals surface area (Å²) in [4.78, 5) is 29.3. The van der Waals surface area contributed by atoms with Crippen LogP contribution < -0.4 is 20.3 Å². The number of nitrogens with one attached hydrogen (secondary N) is 1. The van der Waals surface area contributed by atoms with Crippen LogP contribution in [0.25, 0.3) is 16.9 Å². The third kappa shape index (κ3) is 6.09. The molecule has 1 aliphatic heterocycles. The number of alkyl halides is 1. The quantitative estimate of drug-likeness (QED) is 0.227. The zero-order valence-electron chi connectivity index (χ0n) is 21.9. The summed E-state index contributed by atoms with van der Waals surface area (Å²) in [7, 11) is 2.11. The van der Waals surface area contributed by atoms with Crippen molar-refractivity contribution in [2.24, 2.45) is 0 Å². The first kappa shape index (κ1) is 26.4. The number of halogens is 1. The number of nitrogens with zero attached hydrogens (tertiary/aromatic N) is 6. The van der Waals surface area contributed by atoms with Gasteiger partial charge in [-0.3, -0.25) is 9.18 Å². The average molecular weight is 534 g/mol. The highest BCUT2D eigenvalue weighted by Gasteiger charge is 2.21. The van der Waals surface area contributed by atoms with E-state index in [1.54, 1.807) is 22.9 Å². The summed E-state index contributed by atoms with van der Waals surface area (Å²) >= 11 is 0. The van der Waals surface area contributed by atoms with E-state index in [2.05, 4.69) is 33.8 Å². The Labute approximate surface area is 225 Å². The van der Waals surface area contributed by atoms with Crippen LogP contribution in [0.2, 0.25) is 0 Å². The third-order valence-corrected chi connectivity index (χ3v) is 6.51. The minimum absolute atomic E-state index is 0.0966. The number of benzene rings is 1. The minimum Gasteiger partial charge on any atom is -0.493 e. The molecule has 1 aliphatic rings. The molecule has 39 heavy (non-hydrogen) atoms. The number of piperidine rings is 1. The summed E-state index contributed by atoms with van der Waals surface area (Å²) in [6.07, 6.45) is 5.48. The van der Waals surface area contributed by atoms with Crippen molar-refractivity contribution in [3.05, 3.63) is 71.7 Å². The molecule has 1 fully saturated rings. The van der Waals surface area contributed by atoms with E-state index in [9.17, 15) is 9.18 Å². The fourth-order valence-electron chi connectivity index (χ4n) is 4.48. The van der Waals surface area contributed by atoms with Gasteiger partial charge >= 0.3 is 0 Å². The number of allylic oxidation sites excluding steroid dienone is 1. The molecule has 1 saturated heterocycles. The normalized spacial score (nSPS) is 14.4. The molecule has 0 amide bonds. The highest BCUT2D eigenvalue weighted by Crippen LogP contribution is 2.23. The van der Waals surface area contributed by atoms with Gasteiger partial charge in [-0.05, 0) is 50.2 Å². The molecule has 11 heteroatoms. The van der Waals surface area contributed by atoms with Crippen LogP contribution in [-0.4, -0.2) is 68.7 Å². The van der Waals surface area contributed by atoms with Gasteiger partial charge in [-0.2, -0.15) is 9.97 Å². The Hall–Kier alpha value is -4.25. The van der Waals surface area contributed by atoms with Gasteiger partial charge in [0, 0.05) is 37.5 Å². The third-order valence-electron chi connectivity index (χ3n) is 6.51. The van der Waals surface area contributed by atoms with Crippen LogP contribution in [0.1, 0.15) is 19.3 Å². The summed E-state index contributed by atoms with van der Waals surface area (Å²) in [5.41, 5.74) is 0.905. The number of hydrogen-bond acceptors (Lipinski definition) is 8. The molecule has 3 aromatic heterocycles. The zero-order valence-corrected chi connectivity index (χ0v) is 21.9. The van der Waals surface area contributed by atoms with E-state index in [4.69, 9.17) is 14.5 Å². The standard InChI is InChI=1S/C28H32FN7O3/c1-3-15-35-27(37)23-19-30-28(31-20-8-10-21(11-9-20)38-18-5-14-29)33-26(23)36(35)24-6-4-7-25(32-24)39-22-12-16-34(2)17-13-22/h3-4,6-11,19,22H,1,5,12-18H2,2H3,(H,30,31,33). The maximum Gasteiger partial charge on any atom is 0.278 e. The Morgan fingerprint density at radius 2 is 1.95 bits per heavy atom. The van der Waals surface area contributed by atoms with Gasteiger partial charge in [0.25, 0.3) is 5.56 Å². The lowest BCUT2D eigenvalue weighted by molar-refractivity contribution is 0.110. The summed E-state index contributed by atoms with van der Waals surface area (Å²) < 4.78 is 27.2. The number of hydrogen-bond donors (Lipinski definition) is 1. The second kappa shape index (κ2) is 12.1. The van der Waals surface area contributed by atoms with Gasteiger partial charge in [-0.25, -0.2) is 14.3 Å². The number of anilines is 2. The Kier molecular flexibility index (Phi) is 8.16. The molecule has 1 N–H and O–H groups in total. The molecule has 10 nitrogen and oxygen atoms in total. The lowest BCUT2D eigenvalue weighted by Crippen LogP contribution is -2.35. The molecule has 4 heterocycles. The molecule has 0 spiro atoms. The summed E-state index contributed by atoms with van der Waals surface area (Å²) in [5, 5.41) is 3.53. The van der Waals surface area contributed by atoms with Crippen LogP contribution in [0.3, 0.4) is 0 Å². The first-order chi connectivity index (χ1) is 19.1. The van der Waals surface area contributed by atoms with E-state index in [-0.39, 0.29) is 18.2 Å². The number of aromatic nitrogens is 5. The van der Waals surface area contributed by atoms with Crippen molar-refractivity contribution in [2.45, 2.75) is 31.9 Å². The smallest absolute Gasteiger partial charge is 0.278 e. The van der Waals surface area contributed by atoms with Crippen molar-refractivity contribution in [1.82, 2.24) is 29.2 Å². The maximum atomic E-state index is 13.3. The van der Waals surface area contributed by atoms with E-state index in [1.165, 1.54) is 10.9 Å². The Balaban J connectivity index is 1.44. The SMILES string of the molecule is C=CCn1c(=O)c2cnc(Nc3ccc(OCCCF)cc3)nc2n1-c1cccc(OC2CCN(C)CC2)n1. The molecule has 0 atom stereocenters. The molecule has 0 unspecified atom stereocenters. The van der Waals surface area contributed by atoms with E-state index in [1.807, 2.05) is 30.3 Å². The largest absolute Gasteiger partial charge is 0.493 e. The van der Waals surface area contributed by atoms with Crippen molar-refractivity contribution >= 4 is 22.7 Å². The monoisotopic (exact) mass is 533 g/mol. The molecule has 1 aromatic carbocycles. The molecule has 0 aliphatic carbocycles. The number of likely N-dealkylation sites (tertiary alicyclic amines) is 1. The van der Waals surface area contributed by atoms with E-state index >= 15 is 0 Å². The fourth-order valence-corrected chi connectivity index (χ4v) is 4.48. The van der Waals surface area contributed by atoms with Gasteiger partial charge in [0.2, 0.25) is 11.8 Å². The van der Waals surface area contributed by atoms with Crippen molar-refractivity contribution in [1.29, 1.82) is 0 Å². The van der Waals surface area contributed by atoms with Crippen LogP contribution >= 0.6 is 0 Å². The lowest BCUT2D eigenvalue weighted by atomic mass is 10.1. The van der Waals surface area contributed by atoms with E-state index in [0.717, 1.165) is 31.6 Å². The van der Waals surface area contributed by atoms with Gasteiger partial charge in [0.05, 0.1) is 19.8 Å². The van der Waals surface area contributed by atoms with Crippen molar-refractivity contribution in [3.63, 3.8) is 0 Å². The van der Waals surface area contributed by atoms with E-state index in [0.29, 0.717) is 47.5 Å². The maximum absolute atomic E-state index is 13.3. The Morgan fingerprint density at radius 3 is 2.69 bits per heavy atom. The van der Waals surface area contributed by atoms with Crippen LogP contribution in [0.5, 0.6) is 11.6 Å². The minimum atomic E-state index is -0.412. The van der Waals surface area contributed by atoms with Gasteiger partial charge in [0.15, 0.2) is 11.5 Å². The fraction of sp³-hybridized carbons (Fsp3) is 0.357. The molecular formula is C28H32FN7O3. The molecule has 4 aromatic rings. The van der Waals surface area contributed by atoms with Gasteiger partial charge < -0.3 is 19.7 Å². The molecule has 0 radical (unpaired) electrons. The highest BCUT2D eigenvalue weighted by molar-refractivity contribution is 5.77. The number of ether oxygens (including phenoxy) is 2. The topological polar surface area (TPSA) is 99.3 Å².